The lowest BCUT2D eigenvalue weighted by Crippen LogP contribution is -2.27. The summed E-state index contributed by atoms with van der Waals surface area (Å²) in [5, 5.41) is 2.90. The highest BCUT2D eigenvalue weighted by Gasteiger charge is 2.29. The highest BCUT2D eigenvalue weighted by atomic mass is 32.2. The van der Waals surface area contributed by atoms with Crippen LogP contribution in [0.2, 0.25) is 0 Å². The van der Waals surface area contributed by atoms with Gasteiger partial charge in [0.05, 0.1) is 54.4 Å². The molecule has 4 rings (SSSR count). The quantitative estimate of drug-likeness (QED) is 0.465. The Morgan fingerprint density at radius 2 is 1.29 bits per heavy atom. The lowest BCUT2D eigenvalue weighted by atomic mass is 10.0. The molecular weight excluding hydrogens is 468 g/mol. The Labute approximate surface area is 209 Å². The molecule has 1 unspecified atom stereocenters. The van der Waals surface area contributed by atoms with Gasteiger partial charge in [-0.2, -0.15) is 0 Å². The Hall–Kier alpha value is -3.72. The topological polar surface area (TPSA) is 71.0 Å². The van der Waals surface area contributed by atoms with Crippen LogP contribution in [-0.2, 0) is 0 Å². The van der Waals surface area contributed by atoms with Crippen molar-refractivity contribution >= 4 is 23.0 Å². The summed E-state index contributed by atoms with van der Waals surface area (Å²) in [6.45, 7) is 0. The minimum absolute atomic E-state index is 0.109. The van der Waals surface area contributed by atoms with E-state index in [4.69, 9.17) is 33.4 Å². The molecule has 0 bridgehead atoms. The van der Waals surface area contributed by atoms with Gasteiger partial charge in [-0.25, -0.2) is 4.99 Å². The van der Waals surface area contributed by atoms with E-state index in [0.717, 1.165) is 22.0 Å². The van der Waals surface area contributed by atoms with E-state index in [1.54, 1.807) is 54.4 Å². The number of methoxy groups -OCH3 is 6. The summed E-state index contributed by atoms with van der Waals surface area (Å²) in [5.74, 6) is 3.49. The van der Waals surface area contributed by atoms with Crippen molar-refractivity contribution in [2.45, 2.75) is 6.04 Å². The third-order valence-electron chi connectivity index (χ3n) is 5.63. The first kappa shape index (κ1) is 24.4. The minimum Gasteiger partial charge on any atom is -0.493 e. The Morgan fingerprint density at radius 1 is 0.743 bits per heavy atom. The molecule has 2 aliphatic rings. The molecule has 184 valence electrons. The Kier molecular flexibility index (Phi) is 7.45. The van der Waals surface area contributed by atoms with Crippen molar-refractivity contribution in [1.82, 2.24) is 4.90 Å². The number of ether oxygens (including phenoxy) is 6. The summed E-state index contributed by atoms with van der Waals surface area (Å²) in [6.07, 6.45) is 8.05. The number of thioether (sulfide) groups is 1. The van der Waals surface area contributed by atoms with Crippen molar-refractivity contribution < 1.29 is 28.4 Å². The first-order valence-corrected chi connectivity index (χ1v) is 11.6. The number of aliphatic imine (C=N–C) groups is 1. The molecule has 0 saturated carbocycles. The van der Waals surface area contributed by atoms with Gasteiger partial charge in [0.25, 0.3) is 0 Å². The van der Waals surface area contributed by atoms with Gasteiger partial charge in [0.1, 0.15) is 0 Å². The molecule has 35 heavy (non-hydrogen) atoms. The van der Waals surface area contributed by atoms with Crippen molar-refractivity contribution in [3.63, 3.8) is 0 Å². The molecule has 9 heteroatoms. The van der Waals surface area contributed by atoms with Crippen LogP contribution in [0.15, 0.2) is 58.7 Å². The summed E-state index contributed by atoms with van der Waals surface area (Å²) >= 11 is 1.57. The maximum Gasteiger partial charge on any atom is 0.203 e. The monoisotopic (exact) mass is 496 g/mol. The van der Waals surface area contributed by atoms with Crippen molar-refractivity contribution in [3.05, 3.63) is 64.8 Å². The molecule has 0 aliphatic carbocycles. The highest BCUT2D eigenvalue weighted by molar-refractivity contribution is 8.16. The summed E-state index contributed by atoms with van der Waals surface area (Å²) in [5.41, 5.74) is 2.70. The molecule has 1 atom stereocenters. The van der Waals surface area contributed by atoms with Crippen molar-refractivity contribution in [2.24, 2.45) is 4.99 Å². The predicted molar refractivity (Wildman–Crippen MR) is 138 cm³/mol. The molecule has 8 nitrogen and oxygen atoms in total. The van der Waals surface area contributed by atoms with Crippen molar-refractivity contribution in [2.75, 3.05) is 42.7 Å². The molecule has 0 N–H and O–H groups in total. The van der Waals surface area contributed by atoms with E-state index in [1.165, 1.54) is 0 Å². The van der Waals surface area contributed by atoms with E-state index in [0.29, 0.717) is 34.5 Å². The molecule has 0 fully saturated rings. The van der Waals surface area contributed by atoms with Crippen molar-refractivity contribution in [1.29, 1.82) is 0 Å². The van der Waals surface area contributed by atoms with Gasteiger partial charge < -0.3 is 33.3 Å². The van der Waals surface area contributed by atoms with E-state index in [9.17, 15) is 0 Å². The van der Waals surface area contributed by atoms with Gasteiger partial charge in [-0.1, -0.05) is 17.8 Å². The second-order valence-electron chi connectivity index (χ2n) is 7.49. The fourth-order valence-corrected chi connectivity index (χ4v) is 4.74. The number of amidine groups is 1. The zero-order chi connectivity index (χ0) is 24.9. The summed E-state index contributed by atoms with van der Waals surface area (Å²) in [4.78, 5) is 6.93. The molecule has 0 radical (unpaired) electrons. The minimum atomic E-state index is -0.109. The van der Waals surface area contributed by atoms with E-state index >= 15 is 0 Å². The van der Waals surface area contributed by atoms with E-state index in [1.807, 2.05) is 48.0 Å². The number of hydrogen-bond donors (Lipinski definition) is 0. The molecule has 0 aromatic heterocycles. The van der Waals surface area contributed by atoms with Crippen LogP contribution < -0.4 is 28.4 Å². The number of allylic oxidation sites excluding steroid dienone is 1. The molecule has 2 aromatic carbocycles. The van der Waals surface area contributed by atoms with Crippen LogP contribution in [0.1, 0.15) is 17.2 Å². The lowest BCUT2D eigenvalue weighted by molar-refractivity contribution is 0.322. The molecular formula is C26H28N2O6S. The van der Waals surface area contributed by atoms with Gasteiger partial charge in [0.15, 0.2) is 28.2 Å². The Morgan fingerprint density at radius 3 is 1.80 bits per heavy atom. The second kappa shape index (κ2) is 10.7. The third-order valence-corrected chi connectivity index (χ3v) is 6.40. The van der Waals surface area contributed by atoms with Gasteiger partial charge >= 0.3 is 0 Å². The molecule has 2 aliphatic heterocycles. The second-order valence-corrected chi connectivity index (χ2v) is 8.36. The highest BCUT2D eigenvalue weighted by Crippen LogP contribution is 2.44. The lowest BCUT2D eigenvalue weighted by Gasteiger charge is -2.30. The largest absolute Gasteiger partial charge is 0.493 e. The van der Waals surface area contributed by atoms with Crippen LogP contribution in [0.25, 0.3) is 6.08 Å². The first-order valence-electron chi connectivity index (χ1n) is 10.8. The zero-order valence-electron chi connectivity index (χ0n) is 20.5. The normalized spacial score (nSPS) is 16.5. The number of benzene rings is 2. The molecule has 2 aromatic rings. The fourth-order valence-electron chi connectivity index (χ4n) is 3.97. The van der Waals surface area contributed by atoms with Crippen LogP contribution in [0, 0.1) is 0 Å². The van der Waals surface area contributed by atoms with Gasteiger partial charge in [0, 0.05) is 6.20 Å². The summed E-state index contributed by atoms with van der Waals surface area (Å²) in [6, 6.07) is 7.60. The van der Waals surface area contributed by atoms with E-state index < -0.39 is 0 Å². The Balaban J connectivity index is 1.73. The van der Waals surface area contributed by atoms with Crippen LogP contribution in [0.4, 0.5) is 0 Å². The van der Waals surface area contributed by atoms with E-state index in [2.05, 4.69) is 11.0 Å². The van der Waals surface area contributed by atoms with Crippen LogP contribution in [0.3, 0.4) is 0 Å². The van der Waals surface area contributed by atoms with Crippen LogP contribution in [0.5, 0.6) is 34.5 Å². The van der Waals surface area contributed by atoms with E-state index in [-0.39, 0.29) is 6.04 Å². The first-order chi connectivity index (χ1) is 17.1. The van der Waals surface area contributed by atoms with Gasteiger partial charge in [-0.05, 0) is 53.0 Å². The van der Waals surface area contributed by atoms with Gasteiger partial charge in [0.2, 0.25) is 11.5 Å². The van der Waals surface area contributed by atoms with Gasteiger partial charge in [-0.3, -0.25) is 0 Å². The van der Waals surface area contributed by atoms with Gasteiger partial charge in [-0.15, -0.1) is 0 Å². The van der Waals surface area contributed by atoms with Crippen LogP contribution >= 0.6 is 11.8 Å². The molecule has 2 heterocycles. The zero-order valence-corrected chi connectivity index (χ0v) is 21.3. The maximum absolute atomic E-state index is 5.57. The fraction of sp³-hybridized carbons (Fsp3) is 0.269. The molecule has 0 saturated heterocycles. The molecule has 0 amide bonds. The van der Waals surface area contributed by atoms with Crippen molar-refractivity contribution in [3.8, 4) is 34.5 Å². The average Bonchev–Trinajstić information content (AvgIpc) is 3.38. The standard InChI is InChI=1S/C26H28N2O6S/c1-29-20-11-16(12-21(30-2)24(20)33-5)7-8-18-15-19(28-9-10-35-26(28)27-18)17-13-22(31-3)25(34-6)23(14-17)32-4/h7-15,19H,1-6H3/b8-7+. The SMILES string of the molecule is COc1cc(/C=C/C2=CC(c3cc(OC)c(OC)c(OC)c3)N3C=CSC3=N2)cc(OC)c1OC. The number of rotatable bonds is 9. The third kappa shape index (κ3) is 4.77. The maximum atomic E-state index is 5.57. The average molecular weight is 497 g/mol. The summed E-state index contributed by atoms with van der Waals surface area (Å²) in [7, 11) is 9.60. The Bertz CT molecular complexity index is 1170. The molecule has 0 spiro atoms. The number of fused-ring (bicyclic) bond motifs is 1. The smallest absolute Gasteiger partial charge is 0.203 e. The predicted octanol–water partition coefficient (Wildman–Crippen LogP) is 5.27. The number of nitrogens with zero attached hydrogens (tertiary/aromatic N) is 2. The number of hydrogen-bond acceptors (Lipinski definition) is 9. The summed E-state index contributed by atoms with van der Waals surface area (Å²) < 4.78 is 33.0. The van der Waals surface area contributed by atoms with Crippen LogP contribution in [-0.4, -0.2) is 52.7 Å².